The fourth-order valence-corrected chi connectivity index (χ4v) is 1.94. The fraction of sp³-hybridized carbons (Fsp3) is 0.176. The first-order chi connectivity index (χ1) is 10.7. The molecule has 0 amide bonds. The van der Waals surface area contributed by atoms with Crippen LogP contribution in [0.1, 0.15) is 27.0 Å². The van der Waals surface area contributed by atoms with Gasteiger partial charge in [-0.05, 0) is 41.5 Å². The Hall–Kier alpha value is -2.84. The molecule has 1 N–H and O–H groups in total. The lowest BCUT2D eigenvalue weighted by Gasteiger charge is -2.09. The van der Waals surface area contributed by atoms with Gasteiger partial charge in [0, 0.05) is 0 Å². The largest absolute Gasteiger partial charge is 0.497 e. The Balaban J connectivity index is 2.07. The fourth-order valence-electron chi connectivity index (χ4n) is 1.94. The van der Waals surface area contributed by atoms with Crippen LogP contribution >= 0.6 is 0 Å². The Bertz CT molecular complexity index is 702. The van der Waals surface area contributed by atoms with Crippen molar-refractivity contribution < 1.29 is 19.4 Å². The molecule has 2 aromatic carbocycles. The number of nitrogens with zero attached hydrogens (tertiary/aromatic N) is 1. The van der Waals surface area contributed by atoms with E-state index in [1.165, 1.54) is 18.2 Å². The number of hydrogen-bond donors (Lipinski definition) is 1. The molecule has 0 bridgehead atoms. The van der Waals surface area contributed by atoms with Gasteiger partial charge in [-0.25, -0.2) is 4.79 Å². The molecule has 5 heteroatoms. The predicted octanol–water partition coefficient (Wildman–Crippen LogP) is 2.42. The highest BCUT2D eigenvalue weighted by atomic mass is 16.5. The molecule has 0 spiro atoms. The number of carbonyl (C=O) groups excluding carboxylic acids is 1. The first kappa shape index (κ1) is 15.5. The third-order valence-corrected chi connectivity index (χ3v) is 3.15. The number of carbonyl (C=O) groups is 1. The zero-order chi connectivity index (χ0) is 15.9. The van der Waals surface area contributed by atoms with Gasteiger partial charge in [0.15, 0.2) is 0 Å². The third kappa shape index (κ3) is 3.62. The lowest BCUT2D eigenvalue weighted by Crippen LogP contribution is -2.09. The summed E-state index contributed by atoms with van der Waals surface area (Å²) in [6.45, 7) is -0.212. The van der Waals surface area contributed by atoms with E-state index in [0.717, 1.165) is 11.3 Å². The molecular weight excluding hydrogens is 282 g/mol. The first-order valence-electron chi connectivity index (χ1n) is 6.62. The molecular formula is C17H15NO4. The van der Waals surface area contributed by atoms with E-state index in [1.54, 1.807) is 31.4 Å². The molecule has 0 aliphatic carbocycles. The van der Waals surface area contributed by atoms with Gasteiger partial charge in [0.2, 0.25) is 0 Å². The summed E-state index contributed by atoms with van der Waals surface area (Å²) in [6, 6.07) is 13.6. The van der Waals surface area contributed by atoms with E-state index in [1.807, 2.05) is 6.07 Å². The van der Waals surface area contributed by atoms with Crippen LogP contribution in [0.5, 0.6) is 5.75 Å². The maximum absolute atomic E-state index is 12.1. The lowest BCUT2D eigenvalue weighted by atomic mass is 10.1. The number of rotatable bonds is 5. The van der Waals surface area contributed by atoms with Gasteiger partial charge in [-0.15, -0.1) is 0 Å². The number of esters is 1. The smallest absolute Gasteiger partial charge is 0.338 e. The number of benzene rings is 2. The summed E-state index contributed by atoms with van der Waals surface area (Å²) in [5.41, 5.74) is 1.85. The Labute approximate surface area is 128 Å². The van der Waals surface area contributed by atoms with Crippen LogP contribution in [0.25, 0.3) is 0 Å². The lowest BCUT2D eigenvalue weighted by molar-refractivity contribution is 0.0469. The van der Waals surface area contributed by atoms with Crippen LogP contribution in [0.2, 0.25) is 0 Å². The zero-order valence-corrected chi connectivity index (χ0v) is 12.1. The number of aliphatic hydroxyl groups is 1. The van der Waals surface area contributed by atoms with Gasteiger partial charge < -0.3 is 14.6 Å². The number of hydrogen-bond acceptors (Lipinski definition) is 5. The highest BCUT2D eigenvalue weighted by Gasteiger charge is 2.13. The van der Waals surface area contributed by atoms with E-state index in [0.29, 0.717) is 11.1 Å². The zero-order valence-electron chi connectivity index (χ0n) is 12.1. The molecule has 0 aromatic heterocycles. The monoisotopic (exact) mass is 297 g/mol. The first-order valence-corrected chi connectivity index (χ1v) is 6.62. The van der Waals surface area contributed by atoms with Crippen LogP contribution in [0, 0.1) is 11.3 Å². The van der Waals surface area contributed by atoms with Crippen LogP contribution < -0.4 is 4.74 Å². The maximum atomic E-state index is 12.1. The van der Waals surface area contributed by atoms with Crippen molar-refractivity contribution in [1.29, 1.82) is 5.26 Å². The Morgan fingerprint density at radius 3 is 2.55 bits per heavy atom. The van der Waals surface area contributed by atoms with Crippen LogP contribution in [-0.2, 0) is 18.0 Å². The molecule has 2 aromatic rings. The van der Waals surface area contributed by atoms with Crippen LogP contribution in [0.3, 0.4) is 0 Å². The molecule has 112 valence electrons. The molecule has 0 heterocycles. The second-order valence-electron chi connectivity index (χ2n) is 4.57. The average Bonchev–Trinajstić information content (AvgIpc) is 2.59. The van der Waals surface area contributed by atoms with Gasteiger partial charge in [-0.1, -0.05) is 12.1 Å². The van der Waals surface area contributed by atoms with Crippen molar-refractivity contribution in [2.24, 2.45) is 0 Å². The number of ether oxygens (including phenoxy) is 2. The third-order valence-electron chi connectivity index (χ3n) is 3.15. The summed E-state index contributed by atoms with van der Waals surface area (Å²) in [5.74, 6) is 0.189. The van der Waals surface area contributed by atoms with E-state index >= 15 is 0 Å². The van der Waals surface area contributed by atoms with Crippen molar-refractivity contribution in [3.8, 4) is 11.8 Å². The predicted molar refractivity (Wildman–Crippen MR) is 79.2 cm³/mol. The van der Waals surface area contributed by atoms with E-state index in [-0.39, 0.29) is 18.8 Å². The molecule has 0 atom stereocenters. The molecule has 0 saturated heterocycles. The quantitative estimate of drug-likeness (QED) is 0.857. The van der Waals surface area contributed by atoms with Crippen molar-refractivity contribution in [2.75, 3.05) is 7.11 Å². The molecule has 0 fully saturated rings. The van der Waals surface area contributed by atoms with E-state index in [9.17, 15) is 9.90 Å². The van der Waals surface area contributed by atoms with Crippen LogP contribution in [0.4, 0.5) is 0 Å². The van der Waals surface area contributed by atoms with Gasteiger partial charge in [-0.2, -0.15) is 5.26 Å². The SMILES string of the molecule is COc1ccc(COC(=O)c2ccc(C#N)cc2CO)cc1. The summed E-state index contributed by atoms with van der Waals surface area (Å²) in [7, 11) is 1.58. The maximum Gasteiger partial charge on any atom is 0.338 e. The summed E-state index contributed by atoms with van der Waals surface area (Å²) in [4.78, 5) is 12.1. The van der Waals surface area contributed by atoms with E-state index < -0.39 is 5.97 Å². The van der Waals surface area contributed by atoms with E-state index in [2.05, 4.69) is 0 Å². The average molecular weight is 297 g/mol. The van der Waals surface area contributed by atoms with Crippen LogP contribution in [-0.4, -0.2) is 18.2 Å². The number of aliphatic hydroxyl groups excluding tert-OH is 1. The second kappa shape index (κ2) is 7.25. The van der Waals surface area contributed by atoms with Crippen LogP contribution in [0.15, 0.2) is 42.5 Å². The minimum absolute atomic E-state index is 0.119. The summed E-state index contributed by atoms with van der Waals surface area (Å²) >= 11 is 0. The minimum Gasteiger partial charge on any atom is -0.497 e. The molecule has 0 radical (unpaired) electrons. The Morgan fingerprint density at radius 2 is 1.95 bits per heavy atom. The molecule has 0 aliphatic rings. The van der Waals surface area contributed by atoms with Gasteiger partial charge in [0.05, 0.1) is 30.9 Å². The molecule has 0 unspecified atom stereocenters. The summed E-state index contributed by atoms with van der Waals surface area (Å²) in [5, 5.41) is 18.1. The Kier molecular flexibility index (Phi) is 5.12. The number of nitriles is 1. The molecule has 0 saturated carbocycles. The minimum atomic E-state index is -0.538. The van der Waals surface area contributed by atoms with Gasteiger partial charge >= 0.3 is 5.97 Å². The van der Waals surface area contributed by atoms with Gasteiger partial charge in [0.1, 0.15) is 12.4 Å². The van der Waals surface area contributed by atoms with Crippen molar-refractivity contribution in [3.63, 3.8) is 0 Å². The van der Waals surface area contributed by atoms with Crippen molar-refractivity contribution >= 4 is 5.97 Å². The molecule has 0 aliphatic heterocycles. The number of methoxy groups -OCH3 is 1. The highest BCUT2D eigenvalue weighted by Crippen LogP contribution is 2.16. The molecule has 22 heavy (non-hydrogen) atoms. The van der Waals surface area contributed by atoms with Crippen molar-refractivity contribution in [3.05, 3.63) is 64.7 Å². The van der Waals surface area contributed by atoms with Crippen molar-refractivity contribution in [1.82, 2.24) is 0 Å². The molecule has 2 rings (SSSR count). The second-order valence-corrected chi connectivity index (χ2v) is 4.57. The Morgan fingerprint density at radius 1 is 1.23 bits per heavy atom. The van der Waals surface area contributed by atoms with Crippen molar-refractivity contribution in [2.45, 2.75) is 13.2 Å². The summed E-state index contributed by atoms with van der Waals surface area (Å²) < 4.78 is 10.3. The highest BCUT2D eigenvalue weighted by molar-refractivity contribution is 5.91. The van der Waals surface area contributed by atoms with E-state index in [4.69, 9.17) is 14.7 Å². The standard InChI is InChI=1S/C17H15NO4/c1-21-15-5-2-12(3-6-15)11-22-17(20)16-7-4-13(9-18)8-14(16)10-19/h2-8,19H,10-11H2,1H3. The van der Waals surface area contributed by atoms with Gasteiger partial charge in [0.25, 0.3) is 0 Å². The summed E-state index contributed by atoms with van der Waals surface area (Å²) in [6.07, 6.45) is 0. The normalized spacial score (nSPS) is 9.86. The molecule has 5 nitrogen and oxygen atoms in total. The topological polar surface area (TPSA) is 79.5 Å². The van der Waals surface area contributed by atoms with Gasteiger partial charge in [-0.3, -0.25) is 0 Å².